The van der Waals surface area contributed by atoms with Crippen molar-refractivity contribution in [1.29, 1.82) is 0 Å². The van der Waals surface area contributed by atoms with Crippen LogP contribution in [0.25, 0.3) is 0 Å². The Balaban J connectivity index is 1.60. The van der Waals surface area contributed by atoms with E-state index in [0.29, 0.717) is 12.5 Å². The number of aromatic nitrogens is 2. The lowest BCUT2D eigenvalue weighted by Crippen LogP contribution is -2.42. The van der Waals surface area contributed by atoms with E-state index in [1.54, 1.807) is 0 Å². The molecule has 3 rings (SSSR count). The van der Waals surface area contributed by atoms with Gasteiger partial charge in [-0.2, -0.15) is 5.10 Å². The molecule has 8 heteroatoms. The van der Waals surface area contributed by atoms with Crippen molar-refractivity contribution in [3.63, 3.8) is 0 Å². The Morgan fingerprint density at radius 3 is 2.91 bits per heavy atom. The molecule has 1 saturated heterocycles. The second-order valence-corrected chi connectivity index (χ2v) is 8.46. The molecule has 1 fully saturated rings. The molecule has 2 aliphatic heterocycles. The van der Waals surface area contributed by atoms with Gasteiger partial charge in [-0.1, -0.05) is 0 Å². The Morgan fingerprint density at radius 2 is 2.17 bits per heavy atom. The fourth-order valence-corrected chi connectivity index (χ4v) is 4.01. The Kier molecular flexibility index (Phi) is 5.35. The van der Waals surface area contributed by atoms with Gasteiger partial charge >= 0.3 is 0 Å². The first-order chi connectivity index (χ1) is 11.0. The van der Waals surface area contributed by atoms with Crippen LogP contribution in [0.3, 0.4) is 0 Å². The van der Waals surface area contributed by atoms with Crippen molar-refractivity contribution in [2.75, 3.05) is 39.1 Å². The van der Waals surface area contributed by atoms with E-state index < -0.39 is 10.0 Å². The summed E-state index contributed by atoms with van der Waals surface area (Å²) in [6.45, 7) is 5.14. The topological polar surface area (TPSA) is 76.5 Å². The molecule has 0 spiro atoms. The Morgan fingerprint density at radius 1 is 1.39 bits per heavy atom. The van der Waals surface area contributed by atoms with Crippen LogP contribution >= 0.6 is 0 Å². The number of hydrogen-bond donors (Lipinski definition) is 1. The van der Waals surface area contributed by atoms with Gasteiger partial charge in [0.2, 0.25) is 10.0 Å². The maximum Gasteiger partial charge on any atom is 0.208 e. The van der Waals surface area contributed by atoms with Crippen molar-refractivity contribution < 1.29 is 13.2 Å². The van der Waals surface area contributed by atoms with Crippen LogP contribution in [0.5, 0.6) is 0 Å². The minimum atomic E-state index is -3.13. The van der Waals surface area contributed by atoms with E-state index in [-0.39, 0.29) is 6.04 Å². The van der Waals surface area contributed by atoms with Crippen molar-refractivity contribution in [2.24, 2.45) is 5.92 Å². The summed E-state index contributed by atoms with van der Waals surface area (Å²) in [5.74, 6) is 0.702. The number of nitrogens with one attached hydrogen (secondary N) is 1. The van der Waals surface area contributed by atoms with Gasteiger partial charge in [0.1, 0.15) is 0 Å². The van der Waals surface area contributed by atoms with Crippen molar-refractivity contribution in [2.45, 2.75) is 31.8 Å². The van der Waals surface area contributed by atoms with Gasteiger partial charge in [-0.25, -0.2) is 13.1 Å². The van der Waals surface area contributed by atoms with E-state index in [1.165, 1.54) is 11.9 Å². The molecule has 130 valence electrons. The quantitative estimate of drug-likeness (QED) is 0.819. The van der Waals surface area contributed by atoms with E-state index in [9.17, 15) is 8.42 Å². The van der Waals surface area contributed by atoms with Crippen LogP contribution in [0.4, 0.5) is 0 Å². The van der Waals surface area contributed by atoms with Crippen LogP contribution in [0.15, 0.2) is 12.3 Å². The molecule has 0 aromatic carbocycles. The molecule has 0 unspecified atom stereocenters. The first kappa shape index (κ1) is 16.9. The molecule has 23 heavy (non-hydrogen) atoms. The standard InChI is InChI=1S/C15H26N4O3S/c1-23(20,21)17-7-3-15-12-18(10-13-4-8-22-9-5-13)11-14-2-6-16-19(14)15/h2,6,13,15,17H,3-5,7-12H2,1H3/t15-/m1/s1. The molecule has 7 nitrogen and oxygen atoms in total. The summed E-state index contributed by atoms with van der Waals surface area (Å²) in [5.41, 5.74) is 1.22. The maximum absolute atomic E-state index is 11.2. The molecule has 1 atom stereocenters. The summed E-state index contributed by atoms with van der Waals surface area (Å²) in [4.78, 5) is 2.48. The normalized spacial score (nSPS) is 23.8. The number of ether oxygens (including phenoxy) is 1. The van der Waals surface area contributed by atoms with Gasteiger partial charge in [0.25, 0.3) is 0 Å². The van der Waals surface area contributed by atoms with Crippen molar-refractivity contribution in [3.05, 3.63) is 18.0 Å². The van der Waals surface area contributed by atoms with E-state index in [1.807, 2.05) is 6.20 Å². The molecule has 0 radical (unpaired) electrons. The summed E-state index contributed by atoms with van der Waals surface area (Å²) in [5, 5.41) is 4.43. The van der Waals surface area contributed by atoms with Gasteiger partial charge in [0, 0.05) is 45.6 Å². The zero-order valence-electron chi connectivity index (χ0n) is 13.6. The van der Waals surface area contributed by atoms with Gasteiger partial charge in [0.15, 0.2) is 0 Å². The van der Waals surface area contributed by atoms with Crippen LogP contribution < -0.4 is 4.72 Å². The second-order valence-electron chi connectivity index (χ2n) is 6.63. The number of fused-ring (bicyclic) bond motifs is 1. The minimum absolute atomic E-state index is 0.225. The first-order valence-electron chi connectivity index (χ1n) is 8.28. The predicted octanol–water partition coefficient (Wildman–Crippen LogP) is 0.606. The van der Waals surface area contributed by atoms with Crippen LogP contribution in [0.1, 0.15) is 31.0 Å². The fraction of sp³-hybridized carbons (Fsp3) is 0.800. The van der Waals surface area contributed by atoms with Crippen LogP contribution in [-0.2, 0) is 21.3 Å². The number of hydrogen-bond acceptors (Lipinski definition) is 5. The van der Waals surface area contributed by atoms with Crippen molar-refractivity contribution >= 4 is 10.0 Å². The van der Waals surface area contributed by atoms with E-state index in [2.05, 4.69) is 25.5 Å². The summed E-state index contributed by atoms with van der Waals surface area (Å²) in [6.07, 6.45) is 6.06. The molecule has 1 N–H and O–H groups in total. The highest BCUT2D eigenvalue weighted by molar-refractivity contribution is 7.88. The van der Waals surface area contributed by atoms with E-state index >= 15 is 0 Å². The molecular weight excluding hydrogens is 316 g/mol. The first-order valence-corrected chi connectivity index (χ1v) is 10.2. The highest BCUT2D eigenvalue weighted by atomic mass is 32.2. The van der Waals surface area contributed by atoms with Gasteiger partial charge in [-0.3, -0.25) is 9.58 Å². The minimum Gasteiger partial charge on any atom is -0.381 e. The molecule has 0 saturated carbocycles. The van der Waals surface area contributed by atoms with Crippen LogP contribution in [0, 0.1) is 5.92 Å². The second kappa shape index (κ2) is 7.29. The lowest BCUT2D eigenvalue weighted by molar-refractivity contribution is 0.0444. The SMILES string of the molecule is CS(=O)(=O)NCC[C@@H]1CN(CC2CCOCC2)Cc2ccnn21. The molecule has 0 amide bonds. The van der Waals surface area contributed by atoms with E-state index in [4.69, 9.17) is 4.74 Å². The fourth-order valence-electron chi connectivity index (χ4n) is 3.52. The molecular formula is C15H26N4O3S. The molecule has 0 aliphatic carbocycles. The van der Waals surface area contributed by atoms with Gasteiger partial charge in [-0.15, -0.1) is 0 Å². The molecule has 3 heterocycles. The average Bonchev–Trinajstić information content (AvgIpc) is 2.95. The number of rotatable bonds is 6. The van der Waals surface area contributed by atoms with Gasteiger partial charge in [-0.05, 0) is 31.2 Å². The zero-order chi connectivity index (χ0) is 16.3. The molecule has 1 aromatic rings. The maximum atomic E-state index is 11.2. The Labute approximate surface area is 138 Å². The van der Waals surface area contributed by atoms with Crippen LogP contribution in [-0.4, -0.2) is 62.2 Å². The average molecular weight is 342 g/mol. The number of sulfonamides is 1. The highest BCUT2D eigenvalue weighted by Crippen LogP contribution is 2.25. The largest absolute Gasteiger partial charge is 0.381 e. The molecule has 1 aromatic heterocycles. The van der Waals surface area contributed by atoms with Crippen LogP contribution in [0.2, 0.25) is 0 Å². The summed E-state index contributed by atoms with van der Waals surface area (Å²) < 4.78 is 32.6. The van der Waals surface area contributed by atoms with Gasteiger partial charge in [0.05, 0.1) is 18.0 Å². The lowest BCUT2D eigenvalue weighted by atomic mass is 9.98. The monoisotopic (exact) mass is 342 g/mol. The predicted molar refractivity (Wildman–Crippen MR) is 87.5 cm³/mol. The zero-order valence-corrected chi connectivity index (χ0v) is 14.5. The Bertz CT molecular complexity index is 610. The Hall–Kier alpha value is -0.960. The summed E-state index contributed by atoms with van der Waals surface area (Å²) in [7, 11) is -3.13. The molecule has 0 bridgehead atoms. The highest BCUT2D eigenvalue weighted by Gasteiger charge is 2.27. The molecule has 2 aliphatic rings. The summed E-state index contributed by atoms with van der Waals surface area (Å²) in [6, 6.07) is 2.29. The third kappa shape index (κ3) is 4.76. The third-order valence-corrected chi connectivity index (χ3v) is 5.38. The lowest BCUT2D eigenvalue weighted by Gasteiger charge is -2.36. The summed E-state index contributed by atoms with van der Waals surface area (Å²) >= 11 is 0. The third-order valence-electron chi connectivity index (χ3n) is 4.65. The van der Waals surface area contributed by atoms with Gasteiger partial charge < -0.3 is 4.74 Å². The van der Waals surface area contributed by atoms with E-state index in [0.717, 1.165) is 52.1 Å². The number of nitrogens with zero attached hydrogens (tertiary/aromatic N) is 3. The van der Waals surface area contributed by atoms with Crippen molar-refractivity contribution in [3.8, 4) is 0 Å². The smallest absolute Gasteiger partial charge is 0.208 e. The van der Waals surface area contributed by atoms with Crippen molar-refractivity contribution in [1.82, 2.24) is 19.4 Å².